The van der Waals surface area contributed by atoms with Gasteiger partial charge in [0.05, 0.1) is 0 Å². The molecule has 0 aliphatic rings. The van der Waals surface area contributed by atoms with Crippen molar-refractivity contribution in [1.29, 1.82) is 0 Å². The molecule has 1 aromatic heterocycles. The van der Waals surface area contributed by atoms with Crippen molar-refractivity contribution < 1.29 is 17.9 Å². The lowest BCUT2D eigenvalue weighted by molar-refractivity contribution is 0.0551. The van der Waals surface area contributed by atoms with Crippen LogP contribution in [0, 0.1) is 0 Å². The maximum Gasteiger partial charge on any atom is 0.400 e. The van der Waals surface area contributed by atoms with Crippen LogP contribution in [-0.4, -0.2) is 16.8 Å². The number of anilines is 1. The van der Waals surface area contributed by atoms with Crippen LogP contribution in [-0.2, 0) is 9.95 Å². The number of para-hydroxylation sites is 1. The lowest BCUT2D eigenvalue weighted by Gasteiger charge is -2.16. The average Bonchev–Trinajstić information content (AvgIpc) is 3.06. The lowest BCUT2D eigenvalue weighted by Crippen LogP contribution is -2.10. The molecule has 9 heteroatoms. The maximum atomic E-state index is 12.9. The Balaban J connectivity index is 1.82. The summed E-state index contributed by atoms with van der Waals surface area (Å²) in [5.41, 5.74) is 1.18. The van der Waals surface area contributed by atoms with Gasteiger partial charge in [0.15, 0.2) is 7.29 Å². The maximum absolute atomic E-state index is 12.9. The van der Waals surface area contributed by atoms with E-state index < -0.39 is 18.6 Å². The van der Waals surface area contributed by atoms with Gasteiger partial charge in [0.25, 0.3) is 0 Å². The highest BCUT2D eigenvalue weighted by atomic mass is 35.5. The average molecular weight is 384 g/mol. The van der Waals surface area contributed by atoms with Crippen molar-refractivity contribution >= 4 is 29.9 Å². The van der Waals surface area contributed by atoms with Crippen LogP contribution in [0.25, 0.3) is 11.4 Å². The Morgan fingerprint density at radius 3 is 2.32 bits per heavy atom. The number of alkyl halides is 3. The molecule has 130 valence electrons. The van der Waals surface area contributed by atoms with E-state index in [0.717, 1.165) is 5.69 Å². The second-order valence-electron chi connectivity index (χ2n) is 5.37. The Hall–Kier alpha value is -2.24. The van der Waals surface area contributed by atoms with Crippen LogP contribution in [0.3, 0.4) is 0 Å². The third-order valence-electron chi connectivity index (χ3n) is 3.40. The van der Waals surface area contributed by atoms with E-state index in [0.29, 0.717) is 10.9 Å². The zero-order valence-corrected chi connectivity index (χ0v) is 14.6. The van der Waals surface area contributed by atoms with Crippen LogP contribution in [0.4, 0.5) is 14.5 Å². The molecule has 5 nitrogen and oxygen atoms in total. The SMILES string of the molecule is CP(=O)(Nc1ccccc1)c1ccc(-c2noc(C(F)(F)Cl)n2)cc1. The first-order chi connectivity index (χ1) is 11.8. The van der Waals surface area contributed by atoms with Gasteiger partial charge >= 0.3 is 11.3 Å². The zero-order valence-electron chi connectivity index (χ0n) is 13.0. The van der Waals surface area contributed by atoms with Crippen LogP contribution in [0.15, 0.2) is 59.1 Å². The number of benzene rings is 2. The molecule has 1 N–H and O–H groups in total. The molecule has 0 saturated heterocycles. The van der Waals surface area contributed by atoms with Gasteiger partial charge in [0, 0.05) is 23.2 Å². The van der Waals surface area contributed by atoms with Crippen molar-refractivity contribution in [2.24, 2.45) is 0 Å². The number of halogens is 3. The summed E-state index contributed by atoms with van der Waals surface area (Å²) in [6.07, 6.45) is 0. The molecule has 25 heavy (non-hydrogen) atoms. The van der Waals surface area contributed by atoms with Gasteiger partial charge in [0.1, 0.15) is 0 Å². The predicted molar refractivity (Wildman–Crippen MR) is 92.7 cm³/mol. The second kappa shape index (κ2) is 6.58. The van der Waals surface area contributed by atoms with Crippen LogP contribution in [0.2, 0.25) is 0 Å². The van der Waals surface area contributed by atoms with E-state index in [1.807, 2.05) is 30.3 Å². The third kappa shape index (κ3) is 4.06. The fourth-order valence-corrected chi connectivity index (χ4v) is 3.74. The molecule has 0 aliphatic carbocycles. The highest BCUT2D eigenvalue weighted by Gasteiger charge is 2.35. The minimum Gasteiger partial charge on any atom is -0.333 e. The van der Waals surface area contributed by atoms with Gasteiger partial charge in [-0.3, -0.25) is 4.57 Å². The largest absolute Gasteiger partial charge is 0.400 e. The molecule has 0 saturated carbocycles. The Labute approximate surface area is 147 Å². The number of hydrogen-bond acceptors (Lipinski definition) is 4. The van der Waals surface area contributed by atoms with Crippen LogP contribution in [0.1, 0.15) is 5.89 Å². The Morgan fingerprint density at radius 1 is 1.12 bits per heavy atom. The van der Waals surface area contributed by atoms with Crippen molar-refractivity contribution in [3.63, 3.8) is 0 Å². The van der Waals surface area contributed by atoms with E-state index in [1.54, 1.807) is 30.9 Å². The van der Waals surface area contributed by atoms with Gasteiger partial charge in [-0.1, -0.05) is 35.5 Å². The molecule has 3 rings (SSSR count). The first-order valence-electron chi connectivity index (χ1n) is 7.18. The van der Waals surface area contributed by atoms with E-state index in [1.165, 1.54) is 0 Å². The molecule has 3 aromatic rings. The van der Waals surface area contributed by atoms with Gasteiger partial charge in [-0.15, -0.1) is 0 Å². The minimum atomic E-state index is -3.72. The van der Waals surface area contributed by atoms with Crippen molar-refractivity contribution in [2.45, 2.75) is 5.38 Å². The van der Waals surface area contributed by atoms with E-state index in [-0.39, 0.29) is 5.82 Å². The van der Waals surface area contributed by atoms with Crippen molar-refractivity contribution in [3.8, 4) is 11.4 Å². The summed E-state index contributed by atoms with van der Waals surface area (Å²) in [5, 5.41) is 3.34. The number of rotatable bonds is 5. The number of nitrogens with zero attached hydrogens (tertiary/aromatic N) is 2. The first-order valence-corrected chi connectivity index (χ1v) is 9.72. The summed E-state index contributed by atoms with van der Waals surface area (Å²) in [4.78, 5) is 3.57. The quantitative estimate of drug-likeness (QED) is 0.512. The minimum absolute atomic E-state index is 0.0242. The molecule has 0 fully saturated rings. The van der Waals surface area contributed by atoms with E-state index in [4.69, 9.17) is 11.6 Å². The molecule has 1 heterocycles. The third-order valence-corrected chi connectivity index (χ3v) is 5.53. The molecule has 0 radical (unpaired) electrons. The van der Waals surface area contributed by atoms with Gasteiger partial charge in [0.2, 0.25) is 5.82 Å². The Bertz CT molecular complexity index is 911. The summed E-state index contributed by atoms with van der Waals surface area (Å²) in [6.45, 7) is 1.61. The van der Waals surface area contributed by atoms with E-state index in [9.17, 15) is 13.3 Å². The molecule has 0 bridgehead atoms. The highest BCUT2D eigenvalue weighted by Crippen LogP contribution is 2.40. The van der Waals surface area contributed by atoms with Crippen LogP contribution < -0.4 is 10.4 Å². The molecule has 2 aromatic carbocycles. The Kier molecular flexibility index (Phi) is 4.62. The first kappa shape index (κ1) is 17.6. The molecule has 1 unspecified atom stereocenters. The topological polar surface area (TPSA) is 68.0 Å². The molecular formula is C16H13ClF2N3O2P. The summed E-state index contributed by atoms with van der Waals surface area (Å²) in [7, 11) is -2.85. The molecule has 1 atom stereocenters. The summed E-state index contributed by atoms with van der Waals surface area (Å²) in [5.74, 6) is -0.996. The summed E-state index contributed by atoms with van der Waals surface area (Å²) in [6, 6.07) is 15.6. The standard InChI is InChI=1S/C16H13ClF2N3O2P/c1-25(23,22-12-5-3-2-4-6-12)13-9-7-11(8-10-13)14-20-15(24-21-14)16(17,18)19/h2-10H,1H3,(H,22,23). The number of aromatic nitrogens is 2. The van der Waals surface area contributed by atoms with Crippen molar-refractivity contribution in [2.75, 3.05) is 11.8 Å². The Morgan fingerprint density at radius 2 is 1.76 bits per heavy atom. The molecule has 0 aliphatic heterocycles. The van der Waals surface area contributed by atoms with Crippen molar-refractivity contribution in [1.82, 2.24) is 10.1 Å². The fraction of sp³-hybridized carbons (Fsp3) is 0.125. The van der Waals surface area contributed by atoms with Crippen molar-refractivity contribution in [3.05, 3.63) is 60.5 Å². The predicted octanol–water partition coefficient (Wildman–Crippen LogP) is 4.67. The second-order valence-corrected chi connectivity index (χ2v) is 8.43. The summed E-state index contributed by atoms with van der Waals surface area (Å²) < 4.78 is 43.2. The van der Waals surface area contributed by atoms with Crippen LogP contribution >= 0.6 is 18.9 Å². The summed E-state index contributed by atoms with van der Waals surface area (Å²) >= 11 is 4.85. The van der Waals surface area contributed by atoms with E-state index >= 15 is 0 Å². The normalized spacial score (nSPS) is 14.1. The smallest absolute Gasteiger partial charge is 0.333 e. The zero-order chi connectivity index (χ0) is 18.1. The fourth-order valence-electron chi connectivity index (χ4n) is 2.17. The van der Waals surface area contributed by atoms with Gasteiger partial charge in [-0.05, 0) is 35.9 Å². The highest BCUT2D eigenvalue weighted by molar-refractivity contribution is 7.72. The molecular weight excluding hydrogens is 371 g/mol. The van der Waals surface area contributed by atoms with Gasteiger partial charge in [-0.2, -0.15) is 13.8 Å². The van der Waals surface area contributed by atoms with Crippen LogP contribution in [0.5, 0.6) is 0 Å². The lowest BCUT2D eigenvalue weighted by atomic mass is 10.2. The molecule has 0 amide bonds. The monoisotopic (exact) mass is 383 g/mol. The molecule has 0 spiro atoms. The number of hydrogen-bond donors (Lipinski definition) is 1. The van der Waals surface area contributed by atoms with Gasteiger partial charge in [-0.25, -0.2) is 0 Å². The number of nitrogens with one attached hydrogen (secondary N) is 1. The van der Waals surface area contributed by atoms with Gasteiger partial charge < -0.3 is 9.61 Å². The van der Waals surface area contributed by atoms with E-state index in [2.05, 4.69) is 19.8 Å².